The number of benzene rings is 1. The molecule has 0 radical (unpaired) electrons. The third-order valence-corrected chi connectivity index (χ3v) is 4.39. The average Bonchev–Trinajstić information content (AvgIpc) is 2.99. The molecule has 122 valence electrons. The standard InChI is InChI=1S/C18H23N3O2/c1-13-8-9-19-16(13)18(22)20-12-15-17(21(2)10-11-23-15)14-6-4-3-5-7-14/h3-9,15,17,19H,10-12H2,1-2H3,(H,20,22)/t15-,17-/m0/s1. The van der Waals surface area contributed by atoms with Crippen LogP contribution in [0.15, 0.2) is 42.6 Å². The lowest BCUT2D eigenvalue weighted by molar-refractivity contribution is -0.0605. The largest absolute Gasteiger partial charge is 0.373 e. The Labute approximate surface area is 136 Å². The molecule has 1 fully saturated rings. The van der Waals surface area contributed by atoms with Crippen LogP contribution in [-0.2, 0) is 4.74 Å². The molecular formula is C18H23N3O2. The summed E-state index contributed by atoms with van der Waals surface area (Å²) in [5.41, 5.74) is 2.78. The van der Waals surface area contributed by atoms with E-state index in [2.05, 4.69) is 34.4 Å². The number of hydrogen-bond donors (Lipinski definition) is 2. The Morgan fingerprint density at radius 1 is 1.35 bits per heavy atom. The normalized spacial score (nSPS) is 22.0. The van der Waals surface area contributed by atoms with Crippen molar-refractivity contribution in [1.29, 1.82) is 0 Å². The van der Waals surface area contributed by atoms with E-state index in [1.807, 2.05) is 31.2 Å². The van der Waals surface area contributed by atoms with Crippen LogP contribution in [0.25, 0.3) is 0 Å². The SMILES string of the molecule is Cc1cc[nH]c1C(=O)NC[C@@H]1OCCN(C)[C@H]1c1ccccc1. The first-order valence-electron chi connectivity index (χ1n) is 7.96. The maximum Gasteiger partial charge on any atom is 0.268 e. The molecule has 2 N–H and O–H groups in total. The van der Waals surface area contributed by atoms with Crippen molar-refractivity contribution in [3.05, 3.63) is 59.4 Å². The number of likely N-dealkylation sites (N-methyl/N-ethyl adjacent to an activating group) is 1. The molecule has 2 atom stereocenters. The van der Waals surface area contributed by atoms with Gasteiger partial charge in [-0.05, 0) is 31.2 Å². The Morgan fingerprint density at radius 3 is 2.83 bits per heavy atom. The van der Waals surface area contributed by atoms with Gasteiger partial charge < -0.3 is 15.0 Å². The van der Waals surface area contributed by atoms with Gasteiger partial charge in [0.2, 0.25) is 0 Å². The molecule has 1 aromatic carbocycles. The van der Waals surface area contributed by atoms with Crippen molar-refractivity contribution in [2.45, 2.75) is 19.1 Å². The molecule has 0 spiro atoms. The van der Waals surface area contributed by atoms with E-state index in [1.165, 1.54) is 5.56 Å². The van der Waals surface area contributed by atoms with Gasteiger partial charge in [0.25, 0.3) is 5.91 Å². The van der Waals surface area contributed by atoms with Crippen molar-refractivity contribution < 1.29 is 9.53 Å². The van der Waals surface area contributed by atoms with Gasteiger partial charge in [-0.1, -0.05) is 30.3 Å². The predicted molar refractivity (Wildman–Crippen MR) is 89.4 cm³/mol. The highest BCUT2D eigenvalue weighted by Gasteiger charge is 2.31. The molecule has 1 saturated heterocycles. The topological polar surface area (TPSA) is 57.4 Å². The van der Waals surface area contributed by atoms with Crippen LogP contribution < -0.4 is 5.32 Å². The van der Waals surface area contributed by atoms with Gasteiger partial charge >= 0.3 is 0 Å². The molecule has 0 aliphatic carbocycles. The zero-order chi connectivity index (χ0) is 16.2. The lowest BCUT2D eigenvalue weighted by Crippen LogP contribution is -2.48. The van der Waals surface area contributed by atoms with Crippen molar-refractivity contribution in [2.24, 2.45) is 0 Å². The van der Waals surface area contributed by atoms with Crippen molar-refractivity contribution in [2.75, 3.05) is 26.7 Å². The number of ether oxygens (including phenoxy) is 1. The summed E-state index contributed by atoms with van der Waals surface area (Å²) >= 11 is 0. The van der Waals surface area contributed by atoms with E-state index in [1.54, 1.807) is 6.20 Å². The summed E-state index contributed by atoms with van der Waals surface area (Å²) in [6.07, 6.45) is 1.72. The zero-order valence-corrected chi connectivity index (χ0v) is 13.6. The fourth-order valence-electron chi connectivity index (χ4n) is 3.13. The molecule has 1 amide bonds. The summed E-state index contributed by atoms with van der Waals surface area (Å²) in [6, 6.07) is 12.4. The van der Waals surface area contributed by atoms with Gasteiger partial charge in [0.1, 0.15) is 5.69 Å². The number of amides is 1. The van der Waals surface area contributed by atoms with Crippen LogP contribution in [-0.4, -0.2) is 48.6 Å². The minimum atomic E-state index is -0.0869. The van der Waals surface area contributed by atoms with Gasteiger partial charge in [-0.15, -0.1) is 0 Å². The van der Waals surface area contributed by atoms with Gasteiger partial charge in [-0.25, -0.2) is 0 Å². The van der Waals surface area contributed by atoms with Crippen LogP contribution in [0, 0.1) is 6.92 Å². The number of aryl methyl sites for hydroxylation is 1. The molecule has 1 aliphatic rings. The summed E-state index contributed by atoms with van der Waals surface area (Å²) in [5, 5.41) is 2.99. The molecule has 23 heavy (non-hydrogen) atoms. The highest BCUT2D eigenvalue weighted by atomic mass is 16.5. The predicted octanol–water partition coefficient (Wildman–Crippen LogP) is 2.12. The number of nitrogens with zero attached hydrogens (tertiary/aromatic N) is 1. The van der Waals surface area contributed by atoms with Crippen molar-refractivity contribution in [1.82, 2.24) is 15.2 Å². The second-order valence-corrected chi connectivity index (χ2v) is 5.99. The Morgan fingerprint density at radius 2 is 2.13 bits per heavy atom. The minimum absolute atomic E-state index is 0.0598. The first-order chi connectivity index (χ1) is 11.2. The summed E-state index contributed by atoms with van der Waals surface area (Å²) in [5.74, 6) is -0.0869. The zero-order valence-electron chi connectivity index (χ0n) is 13.6. The number of carbonyl (C=O) groups is 1. The Kier molecular flexibility index (Phi) is 4.79. The van der Waals surface area contributed by atoms with Crippen LogP contribution in [0.3, 0.4) is 0 Å². The van der Waals surface area contributed by atoms with Gasteiger partial charge in [0, 0.05) is 19.3 Å². The van der Waals surface area contributed by atoms with Crippen LogP contribution in [0.4, 0.5) is 0 Å². The molecule has 0 unspecified atom stereocenters. The van der Waals surface area contributed by atoms with Gasteiger partial charge in [0.15, 0.2) is 0 Å². The van der Waals surface area contributed by atoms with E-state index in [0.29, 0.717) is 18.8 Å². The van der Waals surface area contributed by atoms with E-state index in [4.69, 9.17) is 4.74 Å². The number of carbonyl (C=O) groups excluding carboxylic acids is 1. The maximum absolute atomic E-state index is 12.3. The lowest BCUT2D eigenvalue weighted by Gasteiger charge is -2.39. The van der Waals surface area contributed by atoms with Crippen LogP contribution in [0.2, 0.25) is 0 Å². The molecule has 0 bridgehead atoms. The summed E-state index contributed by atoms with van der Waals surface area (Å²) in [6.45, 7) is 3.98. The Hall–Kier alpha value is -2.11. The van der Waals surface area contributed by atoms with Gasteiger partial charge in [-0.3, -0.25) is 9.69 Å². The summed E-state index contributed by atoms with van der Waals surface area (Å²) < 4.78 is 5.95. The number of morpholine rings is 1. The van der Waals surface area contributed by atoms with E-state index in [0.717, 1.165) is 12.1 Å². The first-order valence-corrected chi connectivity index (χ1v) is 7.96. The molecule has 1 aromatic heterocycles. The molecule has 5 heteroatoms. The number of aromatic amines is 1. The number of H-pyrrole nitrogens is 1. The number of nitrogens with one attached hydrogen (secondary N) is 2. The first kappa shape index (κ1) is 15.8. The number of rotatable bonds is 4. The van der Waals surface area contributed by atoms with E-state index in [-0.39, 0.29) is 18.1 Å². The fourth-order valence-corrected chi connectivity index (χ4v) is 3.13. The van der Waals surface area contributed by atoms with E-state index < -0.39 is 0 Å². The molecule has 0 saturated carbocycles. The van der Waals surface area contributed by atoms with Crippen LogP contribution in [0.5, 0.6) is 0 Å². The second-order valence-electron chi connectivity index (χ2n) is 5.99. The molecule has 5 nitrogen and oxygen atoms in total. The molecule has 3 rings (SSSR count). The van der Waals surface area contributed by atoms with Gasteiger partial charge in [-0.2, -0.15) is 0 Å². The smallest absolute Gasteiger partial charge is 0.268 e. The number of aromatic nitrogens is 1. The third-order valence-electron chi connectivity index (χ3n) is 4.39. The highest BCUT2D eigenvalue weighted by Crippen LogP contribution is 2.27. The van der Waals surface area contributed by atoms with Crippen LogP contribution >= 0.6 is 0 Å². The maximum atomic E-state index is 12.3. The molecular weight excluding hydrogens is 290 g/mol. The lowest BCUT2D eigenvalue weighted by atomic mass is 9.98. The van der Waals surface area contributed by atoms with Crippen molar-refractivity contribution in [3.63, 3.8) is 0 Å². The van der Waals surface area contributed by atoms with E-state index >= 15 is 0 Å². The minimum Gasteiger partial charge on any atom is -0.373 e. The third kappa shape index (κ3) is 3.46. The fraction of sp³-hybridized carbons (Fsp3) is 0.389. The van der Waals surface area contributed by atoms with Crippen molar-refractivity contribution >= 4 is 5.91 Å². The Balaban J connectivity index is 1.70. The van der Waals surface area contributed by atoms with E-state index in [9.17, 15) is 4.79 Å². The number of hydrogen-bond acceptors (Lipinski definition) is 3. The Bertz CT molecular complexity index is 653. The quantitative estimate of drug-likeness (QED) is 0.909. The average molecular weight is 313 g/mol. The molecule has 2 heterocycles. The highest BCUT2D eigenvalue weighted by molar-refractivity contribution is 5.93. The molecule has 1 aliphatic heterocycles. The van der Waals surface area contributed by atoms with Crippen molar-refractivity contribution in [3.8, 4) is 0 Å². The van der Waals surface area contributed by atoms with Crippen LogP contribution in [0.1, 0.15) is 27.7 Å². The summed E-state index contributed by atoms with van der Waals surface area (Å²) in [7, 11) is 2.10. The second kappa shape index (κ2) is 6.98. The summed E-state index contributed by atoms with van der Waals surface area (Å²) in [4.78, 5) is 17.6. The molecule has 2 aromatic rings. The van der Waals surface area contributed by atoms with Gasteiger partial charge in [0.05, 0.1) is 18.8 Å². The monoisotopic (exact) mass is 313 g/mol.